The van der Waals surface area contributed by atoms with E-state index < -0.39 is 0 Å². The molecule has 1 aromatic heterocycles. The van der Waals surface area contributed by atoms with Crippen molar-refractivity contribution in [1.82, 2.24) is 20.4 Å². The number of carbonyl (C=O) groups is 1. The van der Waals surface area contributed by atoms with Crippen molar-refractivity contribution in [2.24, 2.45) is 4.99 Å². The Morgan fingerprint density at radius 1 is 1.26 bits per heavy atom. The Hall–Kier alpha value is -2.83. The molecule has 7 heteroatoms. The maximum Gasteiger partial charge on any atom is 0.227 e. The normalized spacial score (nSPS) is 14.7. The van der Waals surface area contributed by atoms with Crippen LogP contribution in [0.3, 0.4) is 0 Å². The molecule has 144 valence electrons. The smallest absolute Gasteiger partial charge is 0.227 e. The van der Waals surface area contributed by atoms with Gasteiger partial charge in [-0.1, -0.05) is 12.1 Å². The average Bonchev–Trinajstić information content (AvgIpc) is 3.28. The van der Waals surface area contributed by atoms with E-state index in [4.69, 9.17) is 0 Å². The number of carbonyl (C=O) groups excluding carboxylic acids is 1. The number of anilines is 1. The van der Waals surface area contributed by atoms with Crippen LogP contribution in [0.5, 0.6) is 0 Å². The van der Waals surface area contributed by atoms with Gasteiger partial charge in [0.25, 0.3) is 0 Å². The van der Waals surface area contributed by atoms with Crippen molar-refractivity contribution < 1.29 is 4.79 Å². The third-order valence-corrected chi connectivity index (χ3v) is 4.48. The van der Waals surface area contributed by atoms with E-state index >= 15 is 0 Å². The monoisotopic (exact) mass is 368 g/mol. The van der Waals surface area contributed by atoms with Gasteiger partial charge in [0.2, 0.25) is 5.91 Å². The largest absolute Gasteiger partial charge is 0.357 e. The molecule has 0 saturated carbocycles. The SMILES string of the molecule is CCNC(=NCc1ccc(N2CCCC2=O)cc1)NCCn1cc(C)cn1. The first-order valence-corrected chi connectivity index (χ1v) is 9.56. The summed E-state index contributed by atoms with van der Waals surface area (Å²) in [5, 5.41) is 10.9. The summed E-state index contributed by atoms with van der Waals surface area (Å²) in [4.78, 5) is 18.3. The summed E-state index contributed by atoms with van der Waals surface area (Å²) >= 11 is 0. The van der Waals surface area contributed by atoms with Crippen LogP contribution in [0.15, 0.2) is 41.7 Å². The van der Waals surface area contributed by atoms with E-state index in [0.29, 0.717) is 13.0 Å². The lowest BCUT2D eigenvalue weighted by molar-refractivity contribution is -0.117. The number of benzene rings is 1. The average molecular weight is 368 g/mol. The van der Waals surface area contributed by atoms with Gasteiger partial charge < -0.3 is 15.5 Å². The Morgan fingerprint density at radius 3 is 2.70 bits per heavy atom. The summed E-state index contributed by atoms with van der Waals surface area (Å²) in [5.74, 6) is 1.01. The maximum absolute atomic E-state index is 11.8. The van der Waals surface area contributed by atoms with Crippen molar-refractivity contribution in [3.05, 3.63) is 47.8 Å². The molecule has 0 spiro atoms. The molecule has 2 aromatic rings. The van der Waals surface area contributed by atoms with Crippen molar-refractivity contribution in [2.45, 2.75) is 39.8 Å². The van der Waals surface area contributed by atoms with Crippen LogP contribution in [-0.2, 0) is 17.9 Å². The van der Waals surface area contributed by atoms with Gasteiger partial charge in [-0.15, -0.1) is 0 Å². The minimum atomic E-state index is 0.215. The standard InChI is InChI=1S/C20H28N6O/c1-3-21-20(22-10-12-25-15-16(2)13-24-25)23-14-17-6-8-18(9-7-17)26-11-4-5-19(26)27/h6-9,13,15H,3-5,10-12,14H2,1-2H3,(H2,21,22,23). The number of hydrogen-bond donors (Lipinski definition) is 2. The second-order valence-corrected chi connectivity index (χ2v) is 6.72. The lowest BCUT2D eigenvalue weighted by Gasteiger charge is -2.16. The van der Waals surface area contributed by atoms with Crippen LogP contribution in [-0.4, -0.2) is 41.3 Å². The Kier molecular flexibility index (Phi) is 6.46. The molecule has 0 radical (unpaired) electrons. The summed E-state index contributed by atoms with van der Waals surface area (Å²) in [6.07, 6.45) is 5.49. The number of aromatic nitrogens is 2. The van der Waals surface area contributed by atoms with Crippen molar-refractivity contribution in [2.75, 3.05) is 24.5 Å². The van der Waals surface area contributed by atoms with Crippen LogP contribution >= 0.6 is 0 Å². The van der Waals surface area contributed by atoms with Crippen molar-refractivity contribution in [3.8, 4) is 0 Å². The van der Waals surface area contributed by atoms with Crippen molar-refractivity contribution >= 4 is 17.6 Å². The summed E-state index contributed by atoms with van der Waals surface area (Å²) in [6, 6.07) is 8.10. The number of hydrogen-bond acceptors (Lipinski definition) is 3. The summed E-state index contributed by atoms with van der Waals surface area (Å²) < 4.78 is 1.92. The molecule has 0 atom stereocenters. The highest BCUT2D eigenvalue weighted by molar-refractivity contribution is 5.95. The van der Waals surface area contributed by atoms with E-state index in [1.807, 2.05) is 53.2 Å². The number of nitrogens with zero attached hydrogens (tertiary/aromatic N) is 4. The Balaban J connectivity index is 1.53. The summed E-state index contributed by atoms with van der Waals surface area (Å²) in [7, 11) is 0. The molecule has 0 unspecified atom stereocenters. The topological polar surface area (TPSA) is 74.6 Å². The van der Waals surface area contributed by atoms with Crippen molar-refractivity contribution in [1.29, 1.82) is 0 Å². The van der Waals surface area contributed by atoms with Gasteiger partial charge in [-0.3, -0.25) is 9.48 Å². The molecule has 1 amide bonds. The second kappa shape index (κ2) is 9.21. The molecule has 1 aromatic carbocycles. The molecule has 3 rings (SSSR count). The van der Waals surface area contributed by atoms with Gasteiger partial charge in [0, 0.05) is 37.9 Å². The first-order chi connectivity index (χ1) is 13.2. The van der Waals surface area contributed by atoms with Crippen LogP contribution in [0.1, 0.15) is 30.9 Å². The van der Waals surface area contributed by atoms with Gasteiger partial charge in [0.05, 0.1) is 19.3 Å². The second-order valence-electron chi connectivity index (χ2n) is 6.72. The van der Waals surface area contributed by atoms with E-state index in [0.717, 1.165) is 55.4 Å². The molecular formula is C20H28N6O. The van der Waals surface area contributed by atoms with Gasteiger partial charge >= 0.3 is 0 Å². The molecule has 7 nitrogen and oxygen atoms in total. The number of guanidine groups is 1. The Morgan fingerprint density at radius 2 is 2.07 bits per heavy atom. The molecule has 1 fully saturated rings. The summed E-state index contributed by atoms with van der Waals surface area (Å²) in [6.45, 7) is 7.84. The first kappa shape index (κ1) is 18.9. The fourth-order valence-corrected chi connectivity index (χ4v) is 3.09. The number of aryl methyl sites for hydroxylation is 1. The van der Waals surface area contributed by atoms with Crippen LogP contribution in [0.2, 0.25) is 0 Å². The zero-order valence-corrected chi connectivity index (χ0v) is 16.1. The minimum absolute atomic E-state index is 0.215. The van der Waals surface area contributed by atoms with Crippen LogP contribution in [0.25, 0.3) is 0 Å². The zero-order chi connectivity index (χ0) is 19.1. The zero-order valence-electron chi connectivity index (χ0n) is 16.1. The highest BCUT2D eigenvalue weighted by Crippen LogP contribution is 2.21. The highest BCUT2D eigenvalue weighted by atomic mass is 16.2. The molecule has 2 heterocycles. The fraction of sp³-hybridized carbons (Fsp3) is 0.450. The van der Waals surface area contributed by atoms with Crippen molar-refractivity contribution in [3.63, 3.8) is 0 Å². The first-order valence-electron chi connectivity index (χ1n) is 9.56. The van der Waals surface area contributed by atoms with Crippen LogP contribution < -0.4 is 15.5 Å². The van der Waals surface area contributed by atoms with Gasteiger partial charge in [-0.25, -0.2) is 4.99 Å². The van der Waals surface area contributed by atoms with E-state index in [9.17, 15) is 4.79 Å². The molecule has 0 aliphatic carbocycles. The maximum atomic E-state index is 11.8. The van der Waals surface area contributed by atoms with Crippen LogP contribution in [0, 0.1) is 6.92 Å². The number of aliphatic imine (C=N–C) groups is 1. The molecular weight excluding hydrogens is 340 g/mol. The summed E-state index contributed by atoms with van der Waals surface area (Å²) in [5.41, 5.74) is 3.25. The predicted molar refractivity (Wildman–Crippen MR) is 108 cm³/mol. The lowest BCUT2D eigenvalue weighted by Crippen LogP contribution is -2.38. The Labute approximate surface area is 160 Å². The van der Waals surface area contributed by atoms with E-state index in [2.05, 4.69) is 27.6 Å². The minimum Gasteiger partial charge on any atom is -0.357 e. The van der Waals surface area contributed by atoms with Gasteiger partial charge in [-0.05, 0) is 43.5 Å². The molecule has 1 aliphatic heterocycles. The molecule has 0 bridgehead atoms. The number of amides is 1. The molecule has 1 aliphatic rings. The van der Waals surface area contributed by atoms with Gasteiger partial charge in [-0.2, -0.15) is 5.10 Å². The van der Waals surface area contributed by atoms with E-state index in [1.54, 1.807) is 0 Å². The number of rotatable bonds is 7. The third kappa shape index (κ3) is 5.32. The van der Waals surface area contributed by atoms with Gasteiger partial charge in [0.15, 0.2) is 5.96 Å². The molecule has 1 saturated heterocycles. The highest BCUT2D eigenvalue weighted by Gasteiger charge is 2.21. The van der Waals surface area contributed by atoms with E-state index in [1.165, 1.54) is 0 Å². The third-order valence-electron chi connectivity index (χ3n) is 4.48. The molecule has 2 N–H and O–H groups in total. The number of nitrogens with one attached hydrogen (secondary N) is 2. The quantitative estimate of drug-likeness (QED) is 0.580. The predicted octanol–water partition coefficient (Wildman–Crippen LogP) is 2.07. The lowest BCUT2D eigenvalue weighted by atomic mass is 10.2. The Bertz CT molecular complexity index is 780. The van der Waals surface area contributed by atoms with E-state index in [-0.39, 0.29) is 5.91 Å². The fourth-order valence-electron chi connectivity index (χ4n) is 3.09. The van der Waals surface area contributed by atoms with Crippen LogP contribution in [0.4, 0.5) is 5.69 Å². The van der Waals surface area contributed by atoms with Gasteiger partial charge in [0.1, 0.15) is 0 Å². The molecule has 27 heavy (non-hydrogen) atoms.